The number of aliphatic hydroxyl groups is 1. The van der Waals surface area contributed by atoms with Crippen molar-refractivity contribution in [3.63, 3.8) is 0 Å². The number of piperidine rings is 1. The molecule has 0 radical (unpaired) electrons. The molecule has 182 valence electrons. The Morgan fingerprint density at radius 1 is 1.14 bits per heavy atom. The van der Waals surface area contributed by atoms with Crippen molar-refractivity contribution >= 4 is 17.3 Å². The van der Waals surface area contributed by atoms with Gasteiger partial charge in [0.1, 0.15) is 23.2 Å². The molecule has 0 unspecified atom stereocenters. The fourth-order valence-corrected chi connectivity index (χ4v) is 4.73. The quantitative estimate of drug-likeness (QED) is 0.308. The molecule has 0 aromatic carbocycles. The van der Waals surface area contributed by atoms with E-state index in [9.17, 15) is 5.11 Å². The van der Waals surface area contributed by atoms with E-state index in [0.29, 0.717) is 25.6 Å². The summed E-state index contributed by atoms with van der Waals surface area (Å²) in [5, 5.41) is 25.2. The first-order valence-corrected chi connectivity index (χ1v) is 12.3. The van der Waals surface area contributed by atoms with Crippen molar-refractivity contribution in [2.75, 3.05) is 30.3 Å². The SMILES string of the molecule is Cn1cc(-c2ccccn2)nc1CNc1cc(NC[C@H]2CCNC[C@@H]2O)nc2c(C3CC3)cnn12. The molecule has 2 aliphatic rings. The molecule has 1 saturated carbocycles. The minimum atomic E-state index is -0.341. The minimum absolute atomic E-state index is 0.205. The minimum Gasteiger partial charge on any atom is -0.391 e. The van der Waals surface area contributed by atoms with Crippen LogP contribution in [0.3, 0.4) is 0 Å². The summed E-state index contributed by atoms with van der Waals surface area (Å²) >= 11 is 0. The van der Waals surface area contributed by atoms with Crippen LogP contribution in [0.15, 0.2) is 42.9 Å². The summed E-state index contributed by atoms with van der Waals surface area (Å²) in [6.07, 6.45) is 8.71. The topological polar surface area (TPSA) is 117 Å². The maximum absolute atomic E-state index is 10.3. The van der Waals surface area contributed by atoms with Crippen LogP contribution in [0.2, 0.25) is 0 Å². The first-order valence-electron chi connectivity index (χ1n) is 12.3. The van der Waals surface area contributed by atoms with E-state index in [1.54, 1.807) is 6.20 Å². The lowest BCUT2D eigenvalue weighted by molar-refractivity contribution is 0.0883. The Morgan fingerprint density at radius 3 is 2.86 bits per heavy atom. The fraction of sp³-hybridized carbons (Fsp3) is 0.440. The van der Waals surface area contributed by atoms with Gasteiger partial charge in [-0.05, 0) is 43.9 Å². The Morgan fingerprint density at radius 2 is 2.06 bits per heavy atom. The molecule has 1 aliphatic carbocycles. The van der Waals surface area contributed by atoms with Gasteiger partial charge in [-0.3, -0.25) is 4.98 Å². The molecule has 4 aromatic heterocycles. The average molecular weight is 474 g/mol. The number of anilines is 2. The highest BCUT2D eigenvalue weighted by Gasteiger charge is 2.28. The van der Waals surface area contributed by atoms with Crippen molar-refractivity contribution in [2.45, 2.75) is 37.8 Å². The van der Waals surface area contributed by atoms with Gasteiger partial charge in [0.05, 0.1) is 24.5 Å². The van der Waals surface area contributed by atoms with Crippen LogP contribution in [0, 0.1) is 5.92 Å². The zero-order chi connectivity index (χ0) is 23.8. The smallest absolute Gasteiger partial charge is 0.163 e. The van der Waals surface area contributed by atoms with Gasteiger partial charge in [0, 0.05) is 50.1 Å². The number of nitrogens with zero attached hydrogens (tertiary/aromatic N) is 6. The lowest BCUT2D eigenvalue weighted by Crippen LogP contribution is -2.43. The summed E-state index contributed by atoms with van der Waals surface area (Å²) in [4.78, 5) is 14.1. The molecule has 0 amide bonds. The van der Waals surface area contributed by atoms with Gasteiger partial charge in [0.25, 0.3) is 0 Å². The molecule has 4 aromatic rings. The van der Waals surface area contributed by atoms with E-state index in [2.05, 4.69) is 26.0 Å². The van der Waals surface area contributed by atoms with Crippen molar-refractivity contribution in [1.29, 1.82) is 0 Å². The maximum atomic E-state index is 10.3. The Kier molecular flexibility index (Phi) is 5.83. The van der Waals surface area contributed by atoms with Crippen LogP contribution in [-0.2, 0) is 13.6 Å². The lowest BCUT2D eigenvalue weighted by atomic mass is 9.95. The molecule has 4 N–H and O–H groups in total. The van der Waals surface area contributed by atoms with Crippen LogP contribution >= 0.6 is 0 Å². The van der Waals surface area contributed by atoms with Gasteiger partial charge in [-0.2, -0.15) is 9.61 Å². The Labute approximate surface area is 203 Å². The molecule has 5 heterocycles. The molecule has 10 heteroatoms. The van der Waals surface area contributed by atoms with Crippen molar-refractivity contribution < 1.29 is 5.11 Å². The number of hydrogen-bond donors (Lipinski definition) is 4. The van der Waals surface area contributed by atoms with Crippen molar-refractivity contribution in [1.82, 2.24) is 34.4 Å². The predicted octanol–water partition coefficient (Wildman–Crippen LogP) is 2.40. The molecular weight excluding hydrogens is 442 g/mol. The molecule has 2 fully saturated rings. The van der Waals surface area contributed by atoms with E-state index >= 15 is 0 Å². The zero-order valence-corrected chi connectivity index (χ0v) is 19.9. The summed E-state index contributed by atoms with van der Waals surface area (Å²) < 4.78 is 3.91. The van der Waals surface area contributed by atoms with Gasteiger partial charge in [-0.1, -0.05) is 6.07 Å². The largest absolute Gasteiger partial charge is 0.391 e. The summed E-state index contributed by atoms with van der Waals surface area (Å²) in [6.45, 7) is 2.80. The number of hydrogen-bond acceptors (Lipinski definition) is 8. The highest BCUT2D eigenvalue weighted by Crippen LogP contribution is 2.42. The van der Waals surface area contributed by atoms with Crippen molar-refractivity contribution in [3.05, 3.63) is 54.2 Å². The number of β-amino-alcohol motifs (C(OH)–C–C–N with tert-alkyl or cyclic N) is 1. The van der Waals surface area contributed by atoms with E-state index in [1.165, 1.54) is 18.4 Å². The standard InChI is InChI=1S/C25H31N9O/c1-33-15-20(19-4-2-3-8-27-19)31-24(33)14-29-23-10-22(28-11-17-7-9-26-13-21(17)35)32-25-18(16-5-6-16)12-30-34(23)25/h2-4,8,10,12,15-17,21,26,29,35H,5-7,9,11,13-14H2,1H3,(H,28,32)/t17-,21+/m1/s1. The molecule has 0 spiro atoms. The van der Waals surface area contributed by atoms with Crippen molar-refractivity contribution in [3.8, 4) is 11.4 Å². The van der Waals surface area contributed by atoms with E-state index in [1.807, 2.05) is 52.8 Å². The lowest BCUT2D eigenvalue weighted by Gasteiger charge is -2.28. The van der Waals surface area contributed by atoms with Crippen LogP contribution in [0.4, 0.5) is 11.6 Å². The van der Waals surface area contributed by atoms with Gasteiger partial charge < -0.3 is 25.6 Å². The normalized spacial score (nSPS) is 20.3. The third-order valence-corrected chi connectivity index (χ3v) is 6.98. The summed E-state index contributed by atoms with van der Waals surface area (Å²) in [7, 11) is 2.00. The number of imidazole rings is 1. The third-order valence-electron chi connectivity index (χ3n) is 6.98. The van der Waals surface area contributed by atoms with Crippen LogP contribution in [-0.4, -0.2) is 60.0 Å². The number of nitrogens with one attached hydrogen (secondary N) is 3. The van der Waals surface area contributed by atoms with Gasteiger partial charge >= 0.3 is 0 Å². The van der Waals surface area contributed by atoms with Crippen LogP contribution in [0.25, 0.3) is 17.0 Å². The van der Waals surface area contributed by atoms with Crippen molar-refractivity contribution in [2.24, 2.45) is 13.0 Å². The monoisotopic (exact) mass is 473 g/mol. The summed E-state index contributed by atoms with van der Waals surface area (Å²) in [6, 6.07) is 7.83. The molecule has 0 bridgehead atoms. The van der Waals surface area contributed by atoms with Gasteiger partial charge in [-0.25, -0.2) is 9.97 Å². The number of aryl methyl sites for hydroxylation is 1. The van der Waals surface area contributed by atoms with E-state index in [-0.39, 0.29) is 12.0 Å². The average Bonchev–Trinajstić information content (AvgIpc) is 3.52. The van der Waals surface area contributed by atoms with E-state index < -0.39 is 0 Å². The van der Waals surface area contributed by atoms with Crippen LogP contribution < -0.4 is 16.0 Å². The second kappa shape index (κ2) is 9.27. The van der Waals surface area contributed by atoms with Gasteiger partial charge in [0.15, 0.2) is 5.65 Å². The summed E-state index contributed by atoms with van der Waals surface area (Å²) in [5.41, 5.74) is 3.80. The van der Waals surface area contributed by atoms with E-state index in [0.717, 1.165) is 47.5 Å². The molecule has 1 aliphatic heterocycles. The Balaban J connectivity index is 1.25. The first kappa shape index (κ1) is 22.0. The van der Waals surface area contributed by atoms with E-state index in [4.69, 9.17) is 9.97 Å². The number of aliphatic hydroxyl groups excluding tert-OH is 1. The number of aromatic nitrogens is 6. The second-order valence-electron chi connectivity index (χ2n) is 9.56. The second-order valence-corrected chi connectivity index (χ2v) is 9.56. The molecule has 6 rings (SSSR count). The van der Waals surface area contributed by atoms with Gasteiger partial charge in [-0.15, -0.1) is 0 Å². The van der Waals surface area contributed by atoms with Crippen LogP contribution in [0.5, 0.6) is 0 Å². The molecule has 1 saturated heterocycles. The summed E-state index contributed by atoms with van der Waals surface area (Å²) in [5.74, 6) is 3.30. The highest BCUT2D eigenvalue weighted by atomic mass is 16.3. The highest BCUT2D eigenvalue weighted by molar-refractivity contribution is 5.62. The Hall–Kier alpha value is -3.50. The number of pyridine rings is 1. The maximum Gasteiger partial charge on any atom is 0.163 e. The third kappa shape index (κ3) is 4.59. The van der Waals surface area contributed by atoms with Crippen LogP contribution in [0.1, 0.15) is 36.6 Å². The molecular formula is C25H31N9O. The Bertz CT molecular complexity index is 1310. The fourth-order valence-electron chi connectivity index (χ4n) is 4.73. The zero-order valence-electron chi connectivity index (χ0n) is 19.9. The predicted molar refractivity (Wildman–Crippen MR) is 134 cm³/mol. The molecule has 35 heavy (non-hydrogen) atoms. The number of rotatable bonds is 8. The van der Waals surface area contributed by atoms with Gasteiger partial charge in [0.2, 0.25) is 0 Å². The first-order chi connectivity index (χ1) is 17.2. The molecule has 10 nitrogen and oxygen atoms in total. The number of fused-ring (bicyclic) bond motifs is 1. The molecule has 2 atom stereocenters.